The molecule has 1 aromatic heterocycles. The molecule has 0 aliphatic carbocycles. The third-order valence-corrected chi connectivity index (χ3v) is 4.65. The summed E-state index contributed by atoms with van der Waals surface area (Å²) in [6.07, 6.45) is 1.64. The molecule has 1 aromatic carbocycles. The predicted molar refractivity (Wildman–Crippen MR) is 94.2 cm³/mol. The van der Waals surface area contributed by atoms with Crippen molar-refractivity contribution >= 4 is 0 Å². The second-order valence-corrected chi connectivity index (χ2v) is 6.90. The van der Waals surface area contributed by atoms with Crippen molar-refractivity contribution in [2.24, 2.45) is 0 Å². The first-order valence-electron chi connectivity index (χ1n) is 8.66. The monoisotopic (exact) mass is 329 g/mol. The highest BCUT2D eigenvalue weighted by molar-refractivity contribution is 5.27. The van der Waals surface area contributed by atoms with Crippen LogP contribution in [0.5, 0.6) is 5.75 Å². The standard InChI is InChI=1S/C19H27N3O2/c1-4-18-20-15(3)17(21-18)11-22-9-8-19(23,12-22)13-24-16-7-5-6-14(2)10-16/h5-7,10,23H,4,8-9,11-13H2,1-3H3,(H,20,21). The Morgan fingerprint density at radius 3 is 2.92 bits per heavy atom. The molecule has 1 aliphatic rings. The van der Waals surface area contributed by atoms with Crippen molar-refractivity contribution in [3.05, 3.63) is 47.0 Å². The highest BCUT2D eigenvalue weighted by Gasteiger charge is 2.37. The largest absolute Gasteiger partial charge is 0.491 e. The number of aromatic nitrogens is 2. The summed E-state index contributed by atoms with van der Waals surface area (Å²) in [5.41, 5.74) is 2.57. The summed E-state index contributed by atoms with van der Waals surface area (Å²) in [6, 6.07) is 7.94. The van der Waals surface area contributed by atoms with Crippen LogP contribution >= 0.6 is 0 Å². The molecule has 0 bridgehead atoms. The van der Waals surface area contributed by atoms with E-state index in [1.54, 1.807) is 0 Å². The van der Waals surface area contributed by atoms with E-state index in [1.165, 1.54) is 0 Å². The summed E-state index contributed by atoms with van der Waals surface area (Å²) in [5.74, 6) is 1.84. The fraction of sp³-hybridized carbons (Fsp3) is 0.526. The average Bonchev–Trinajstić information content (AvgIpc) is 3.10. The number of aryl methyl sites for hydroxylation is 3. The molecule has 2 N–H and O–H groups in total. The number of rotatable bonds is 6. The van der Waals surface area contributed by atoms with Crippen LogP contribution in [0.4, 0.5) is 0 Å². The van der Waals surface area contributed by atoms with Crippen molar-refractivity contribution in [1.82, 2.24) is 14.9 Å². The zero-order valence-corrected chi connectivity index (χ0v) is 14.8. The number of β-amino-alcohol motifs (C(OH)–C–C–N with tert-alkyl or cyclic N) is 1. The number of hydrogen-bond donors (Lipinski definition) is 2. The molecule has 1 saturated heterocycles. The first-order valence-corrected chi connectivity index (χ1v) is 8.66. The summed E-state index contributed by atoms with van der Waals surface area (Å²) in [7, 11) is 0. The SMILES string of the molecule is CCc1nc(CN2CCC(O)(COc3cccc(C)c3)C2)c(C)[nH]1. The van der Waals surface area contributed by atoms with Gasteiger partial charge in [-0.05, 0) is 38.0 Å². The molecule has 1 fully saturated rings. The quantitative estimate of drug-likeness (QED) is 0.855. The minimum Gasteiger partial charge on any atom is -0.491 e. The van der Waals surface area contributed by atoms with E-state index in [2.05, 4.69) is 28.7 Å². The lowest BCUT2D eigenvalue weighted by molar-refractivity contribution is 0.00328. The molecule has 0 spiro atoms. The van der Waals surface area contributed by atoms with Gasteiger partial charge in [-0.3, -0.25) is 4.90 Å². The number of imidazole rings is 1. The maximum atomic E-state index is 10.8. The van der Waals surface area contributed by atoms with Crippen LogP contribution in [0.15, 0.2) is 24.3 Å². The fourth-order valence-corrected chi connectivity index (χ4v) is 3.21. The van der Waals surface area contributed by atoms with E-state index in [9.17, 15) is 5.11 Å². The molecule has 0 amide bonds. The Morgan fingerprint density at radius 1 is 1.38 bits per heavy atom. The zero-order valence-electron chi connectivity index (χ0n) is 14.8. The fourth-order valence-electron chi connectivity index (χ4n) is 3.21. The van der Waals surface area contributed by atoms with Crippen LogP contribution in [0.25, 0.3) is 0 Å². The Labute approximate surface area is 143 Å². The molecule has 0 saturated carbocycles. The predicted octanol–water partition coefficient (Wildman–Crippen LogP) is 2.60. The van der Waals surface area contributed by atoms with Crippen LogP contribution in [0.1, 0.15) is 36.1 Å². The van der Waals surface area contributed by atoms with Crippen LogP contribution in [0.3, 0.4) is 0 Å². The number of likely N-dealkylation sites (tertiary alicyclic amines) is 1. The summed E-state index contributed by atoms with van der Waals surface area (Å²) >= 11 is 0. The highest BCUT2D eigenvalue weighted by Crippen LogP contribution is 2.25. The minimum absolute atomic E-state index is 0.326. The smallest absolute Gasteiger partial charge is 0.119 e. The molecule has 1 aliphatic heterocycles. The van der Waals surface area contributed by atoms with Gasteiger partial charge in [-0.1, -0.05) is 19.1 Å². The Hall–Kier alpha value is -1.85. The van der Waals surface area contributed by atoms with Crippen LogP contribution < -0.4 is 4.74 Å². The van der Waals surface area contributed by atoms with Gasteiger partial charge in [0.25, 0.3) is 0 Å². The molecule has 1 unspecified atom stereocenters. The van der Waals surface area contributed by atoms with Crippen molar-refractivity contribution in [2.45, 2.75) is 45.8 Å². The molecule has 24 heavy (non-hydrogen) atoms. The molecule has 3 rings (SSSR count). The van der Waals surface area contributed by atoms with Gasteiger partial charge >= 0.3 is 0 Å². The van der Waals surface area contributed by atoms with Crippen molar-refractivity contribution < 1.29 is 9.84 Å². The van der Waals surface area contributed by atoms with Gasteiger partial charge in [0.2, 0.25) is 0 Å². The summed E-state index contributed by atoms with van der Waals surface area (Å²) in [5, 5.41) is 10.8. The number of hydrogen-bond acceptors (Lipinski definition) is 4. The molecule has 2 aromatic rings. The number of H-pyrrole nitrogens is 1. The van der Waals surface area contributed by atoms with Crippen molar-refractivity contribution in [3.63, 3.8) is 0 Å². The van der Waals surface area contributed by atoms with Crippen LogP contribution in [-0.2, 0) is 13.0 Å². The van der Waals surface area contributed by atoms with E-state index < -0.39 is 5.60 Å². The lowest BCUT2D eigenvalue weighted by Crippen LogP contribution is -2.39. The lowest BCUT2D eigenvalue weighted by atomic mass is 10.1. The first kappa shape index (κ1) is 17.0. The summed E-state index contributed by atoms with van der Waals surface area (Å²) in [6.45, 7) is 8.77. The third kappa shape index (κ3) is 3.97. The van der Waals surface area contributed by atoms with E-state index in [0.29, 0.717) is 13.2 Å². The van der Waals surface area contributed by atoms with E-state index in [4.69, 9.17) is 4.74 Å². The Balaban J connectivity index is 1.56. The van der Waals surface area contributed by atoms with Gasteiger partial charge in [0.15, 0.2) is 0 Å². The van der Waals surface area contributed by atoms with Gasteiger partial charge in [0, 0.05) is 31.7 Å². The summed E-state index contributed by atoms with van der Waals surface area (Å²) in [4.78, 5) is 10.2. The number of benzene rings is 1. The van der Waals surface area contributed by atoms with Gasteiger partial charge in [-0.2, -0.15) is 0 Å². The molecular weight excluding hydrogens is 302 g/mol. The minimum atomic E-state index is -0.790. The number of ether oxygens (including phenoxy) is 1. The Morgan fingerprint density at radius 2 is 2.21 bits per heavy atom. The van der Waals surface area contributed by atoms with E-state index in [0.717, 1.165) is 54.5 Å². The maximum Gasteiger partial charge on any atom is 0.119 e. The first-order chi connectivity index (χ1) is 11.5. The van der Waals surface area contributed by atoms with E-state index in [-0.39, 0.29) is 0 Å². The number of nitrogens with one attached hydrogen (secondary N) is 1. The topological polar surface area (TPSA) is 61.4 Å². The average molecular weight is 329 g/mol. The number of aromatic amines is 1. The highest BCUT2D eigenvalue weighted by atomic mass is 16.5. The van der Waals surface area contributed by atoms with Crippen LogP contribution in [-0.4, -0.2) is 45.3 Å². The molecule has 5 heteroatoms. The molecule has 2 heterocycles. The van der Waals surface area contributed by atoms with Crippen LogP contribution in [0.2, 0.25) is 0 Å². The normalized spacial score (nSPS) is 21.3. The number of aliphatic hydroxyl groups is 1. The molecule has 5 nitrogen and oxygen atoms in total. The Bertz CT molecular complexity index is 698. The van der Waals surface area contributed by atoms with Crippen molar-refractivity contribution in [1.29, 1.82) is 0 Å². The third-order valence-electron chi connectivity index (χ3n) is 4.65. The summed E-state index contributed by atoms with van der Waals surface area (Å²) < 4.78 is 5.82. The van der Waals surface area contributed by atoms with E-state index in [1.807, 2.05) is 31.2 Å². The second kappa shape index (κ2) is 6.95. The molecular formula is C19H27N3O2. The number of nitrogens with zero attached hydrogens (tertiary/aromatic N) is 2. The molecule has 0 radical (unpaired) electrons. The van der Waals surface area contributed by atoms with Gasteiger partial charge in [0.05, 0.1) is 5.69 Å². The van der Waals surface area contributed by atoms with Crippen LogP contribution in [0, 0.1) is 13.8 Å². The Kier molecular flexibility index (Phi) is 4.92. The van der Waals surface area contributed by atoms with Gasteiger partial charge in [0.1, 0.15) is 23.8 Å². The van der Waals surface area contributed by atoms with Crippen molar-refractivity contribution in [3.8, 4) is 5.75 Å². The second-order valence-electron chi connectivity index (χ2n) is 6.90. The van der Waals surface area contributed by atoms with Gasteiger partial charge < -0.3 is 14.8 Å². The van der Waals surface area contributed by atoms with E-state index >= 15 is 0 Å². The molecule has 130 valence electrons. The van der Waals surface area contributed by atoms with Crippen molar-refractivity contribution in [2.75, 3.05) is 19.7 Å². The zero-order chi connectivity index (χ0) is 17.2. The molecule has 1 atom stereocenters. The maximum absolute atomic E-state index is 10.8. The lowest BCUT2D eigenvalue weighted by Gasteiger charge is -2.23. The van der Waals surface area contributed by atoms with Gasteiger partial charge in [-0.15, -0.1) is 0 Å². The van der Waals surface area contributed by atoms with Gasteiger partial charge in [-0.25, -0.2) is 4.98 Å².